The van der Waals surface area contributed by atoms with Crippen LogP contribution in [0.4, 0.5) is 0 Å². The first kappa shape index (κ1) is 12.7. The van der Waals surface area contributed by atoms with Gasteiger partial charge in [0, 0.05) is 12.1 Å². The fraction of sp³-hybridized carbons (Fsp3) is 0.462. The highest BCUT2D eigenvalue weighted by atomic mass is 16.4. The monoisotopic (exact) mass is 221 g/mol. The Labute approximate surface area is 96.5 Å². The zero-order chi connectivity index (χ0) is 12.2. The summed E-state index contributed by atoms with van der Waals surface area (Å²) in [6.45, 7) is 6.97. The normalized spacial score (nSPS) is 11.4. The second-order valence-electron chi connectivity index (χ2n) is 4.94. The molecule has 0 radical (unpaired) electrons. The number of hydrogen-bond acceptors (Lipinski definition) is 2. The fourth-order valence-corrected chi connectivity index (χ4v) is 1.43. The van der Waals surface area contributed by atoms with Gasteiger partial charge in [-0.15, -0.1) is 0 Å². The lowest BCUT2D eigenvalue weighted by molar-refractivity contribution is -0.136. The molecule has 0 heterocycles. The Bertz CT molecular complexity index is 366. The third kappa shape index (κ3) is 4.45. The van der Waals surface area contributed by atoms with Crippen LogP contribution in [-0.2, 0) is 17.8 Å². The van der Waals surface area contributed by atoms with Gasteiger partial charge in [0.15, 0.2) is 0 Å². The van der Waals surface area contributed by atoms with Gasteiger partial charge in [-0.2, -0.15) is 0 Å². The van der Waals surface area contributed by atoms with Gasteiger partial charge >= 0.3 is 5.97 Å². The van der Waals surface area contributed by atoms with E-state index in [0.29, 0.717) is 6.54 Å². The number of aliphatic carboxylic acids is 1. The van der Waals surface area contributed by atoms with E-state index >= 15 is 0 Å². The van der Waals surface area contributed by atoms with Gasteiger partial charge in [-0.25, -0.2) is 0 Å². The molecule has 1 rings (SSSR count). The van der Waals surface area contributed by atoms with Crippen molar-refractivity contribution in [2.45, 2.75) is 39.3 Å². The zero-order valence-electron chi connectivity index (χ0n) is 10.1. The van der Waals surface area contributed by atoms with Crippen LogP contribution in [0, 0.1) is 0 Å². The Morgan fingerprint density at radius 2 is 1.81 bits per heavy atom. The van der Waals surface area contributed by atoms with Gasteiger partial charge in [-0.3, -0.25) is 4.79 Å². The van der Waals surface area contributed by atoms with Crippen LogP contribution < -0.4 is 5.32 Å². The van der Waals surface area contributed by atoms with E-state index in [9.17, 15) is 4.79 Å². The summed E-state index contributed by atoms with van der Waals surface area (Å²) in [6.07, 6.45) is 0.0853. The Hall–Kier alpha value is -1.35. The minimum atomic E-state index is -0.789. The zero-order valence-corrected chi connectivity index (χ0v) is 10.1. The predicted octanol–water partition coefficient (Wildman–Crippen LogP) is 2.20. The van der Waals surface area contributed by atoms with Crippen molar-refractivity contribution in [1.82, 2.24) is 5.32 Å². The Morgan fingerprint density at radius 3 is 2.31 bits per heavy atom. The van der Waals surface area contributed by atoms with Gasteiger partial charge in [0.2, 0.25) is 0 Å². The average molecular weight is 221 g/mol. The van der Waals surface area contributed by atoms with Crippen molar-refractivity contribution in [2.75, 3.05) is 0 Å². The minimum absolute atomic E-state index is 0.0380. The van der Waals surface area contributed by atoms with Crippen LogP contribution in [-0.4, -0.2) is 16.6 Å². The van der Waals surface area contributed by atoms with Crippen LogP contribution in [0.5, 0.6) is 0 Å². The van der Waals surface area contributed by atoms with E-state index in [0.717, 1.165) is 11.1 Å². The molecule has 0 aromatic heterocycles. The molecule has 0 aliphatic carbocycles. The number of carboxylic acids is 1. The van der Waals surface area contributed by atoms with E-state index in [1.165, 1.54) is 0 Å². The molecular formula is C13H19NO2. The lowest BCUT2D eigenvalue weighted by atomic mass is 10.0. The van der Waals surface area contributed by atoms with Crippen molar-refractivity contribution in [3.63, 3.8) is 0 Å². The maximum Gasteiger partial charge on any atom is 0.307 e. The first-order chi connectivity index (χ1) is 7.38. The molecule has 0 saturated heterocycles. The lowest BCUT2D eigenvalue weighted by Gasteiger charge is -2.21. The molecule has 0 amide bonds. The summed E-state index contributed by atoms with van der Waals surface area (Å²) in [5.74, 6) is -0.789. The number of rotatable bonds is 4. The lowest BCUT2D eigenvalue weighted by Crippen LogP contribution is -2.35. The molecule has 2 N–H and O–H groups in total. The molecule has 0 saturated carbocycles. The van der Waals surface area contributed by atoms with Gasteiger partial charge < -0.3 is 10.4 Å². The van der Waals surface area contributed by atoms with Crippen LogP contribution in [0.15, 0.2) is 24.3 Å². The van der Waals surface area contributed by atoms with E-state index in [1.54, 1.807) is 0 Å². The molecule has 3 heteroatoms. The van der Waals surface area contributed by atoms with E-state index in [4.69, 9.17) is 5.11 Å². The average Bonchev–Trinajstić information content (AvgIpc) is 2.14. The third-order valence-electron chi connectivity index (χ3n) is 2.27. The fourth-order valence-electron chi connectivity index (χ4n) is 1.43. The largest absolute Gasteiger partial charge is 0.481 e. The number of nitrogens with one attached hydrogen (secondary N) is 1. The van der Waals surface area contributed by atoms with Crippen molar-refractivity contribution in [3.8, 4) is 0 Å². The van der Waals surface area contributed by atoms with Gasteiger partial charge in [-0.05, 0) is 31.9 Å². The van der Waals surface area contributed by atoms with Crippen molar-refractivity contribution in [2.24, 2.45) is 0 Å². The molecule has 0 bridgehead atoms. The summed E-state index contributed by atoms with van der Waals surface area (Å²) < 4.78 is 0. The standard InChI is InChI=1S/C13H19NO2/c1-13(2,3)14-9-11-7-5-4-6-10(11)8-12(15)16/h4-7,14H,8-9H2,1-3H3,(H,15,16). The highest BCUT2D eigenvalue weighted by Crippen LogP contribution is 2.11. The highest BCUT2D eigenvalue weighted by Gasteiger charge is 2.11. The third-order valence-corrected chi connectivity index (χ3v) is 2.27. The summed E-state index contributed by atoms with van der Waals surface area (Å²) in [6, 6.07) is 7.65. The molecule has 0 spiro atoms. The number of hydrogen-bond donors (Lipinski definition) is 2. The number of carboxylic acid groups (broad SMARTS) is 1. The molecule has 0 aliphatic rings. The maximum absolute atomic E-state index is 10.7. The smallest absolute Gasteiger partial charge is 0.307 e. The van der Waals surface area contributed by atoms with Crippen molar-refractivity contribution in [1.29, 1.82) is 0 Å². The molecule has 1 aromatic carbocycles. The molecule has 0 atom stereocenters. The van der Waals surface area contributed by atoms with Crippen LogP contribution in [0.2, 0.25) is 0 Å². The van der Waals surface area contributed by atoms with Crippen LogP contribution >= 0.6 is 0 Å². The van der Waals surface area contributed by atoms with E-state index in [2.05, 4.69) is 26.1 Å². The van der Waals surface area contributed by atoms with E-state index in [-0.39, 0.29) is 12.0 Å². The van der Waals surface area contributed by atoms with Gasteiger partial charge in [0.05, 0.1) is 6.42 Å². The SMILES string of the molecule is CC(C)(C)NCc1ccccc1CC(=O)O. The summed E-state index contributed by atoms with van der Waals surface area (Å²) >= 11 is 0. The van der Waals surface area contributed by atoms with Gasteiger partial charge in [0.25, 0.3) is 0 Å². The first-order valence-electron chi connectivity index (χ1n) is 5.42. The second kappa shape index (κ2) is 5.12. The second-order valence-corrected chi connectivity index (χ2v) is 4.94. The summed E-state index contributed by atoms with van der Waals surface area (Å²) in [5.41, 5.74) is 1.97. The molecule has 16 heavy (non-hydrogen) atoms. The quantitative estimate of drug-likeness (QED) is 0.819. The molecule has 88 valence electrons. The van der Waals surface area contributed by atoms with Crippen molar-refractivity contribution >= 4 is 5.97 Å². The Balaban J connectivity index is 2.75. The van der Waals surface area contributed by atoms with Crippen molar-refractivity contribution < 1.29 is 9.90 Å². The van der Waals surface area contributed by atoms with Crippen LogP contribution in [0.1, 0.15) is 31.9 Å². The molecule has 0 unspecified atom stereocenters. The molecule has 0 aliphatic heterocycles. The molecule has 0 fully saturated rings. The Kier molecular flexibility index (Phi) is 4.07. The van der Waals surface area contributed by atoms with Crippen LogP contribution in [0.3, 0.4) is 0 Å². The number of carbonyl (C=O) groups is 1. The molecule has 1 aromatic rings. The van der Waals surface area contributed by atoms with Crippen molar-refractivity contribution in [3.05, 3.63) is 35.4 Å². The minimum Gasteiger partial charge on any atom is -0.481 e. The maximum atomic E-state index is 10.7. The molecular weight excluding hydrogens is 202 g/mol. The van der Waals surface area contributed by atoms with E-state index < -0.39 is 5.97 Å². The first-order valence-corrected chi connectivity index (χ1v) is 5.42. The number of benzene rings is 1. The summed E-state index contributed by atoms with van der Waals surface area (Å²) in [4.78, 5) is 10.7. The summed E-state index contributed by atoms with van der Waals surface area (Å²) in [5, 5.41) is 12.2. The Morgan fingerprint density at radius 1 is 1.25 bits per heavy atom. The van der Waals surface area contributed by atoms with Crippen LogP contribution in [0.25, 0.3) is 0 Å². The summed E-state index contributed by atoms with van der Waals surface area (Å²) in [7, 11) is 0. The van der Waals surface area contributed by atoms with Gasteiger partial charge in [0.1, 0.15) is 0 Å². The van der Waals surface area contributed by atoms with Gasteiger partial charge in [-0.1, -0.05) is 24.3 Å². The molecule has 3 nitrogen and oxygen atoms in total. The van der Waals surface area contributed by atoms with E-state index in [1.807, 2.05) is 24.3 Å². The highest BCUT2D eigenvalue weighted by molar-refractivity contribution is 5.70. The topological polar surface area (TPSA) is 49.3 Å². The predicted molar refractivity (Wildman–Crippen MR) is 64.4 cm³/mol.